The zero-order valence-electron chi connectivity index (χ0n) is 38.4. The Labute approximate surface area is 378 Å². The van der Waals surface area contributed by atoms with Gasteiger partial charge in [0.2, 0.25) is 5.82 Å². The number of aryl methyl sites for hydroxylation is 1. The third-order valence-corrected chi connectivity index (χ3v) is 11.6. The van der Waals surface area contributed by atoms with Gasteiger partial charge >= 0.3 is 11.9 Å². The molecule has 0 saturated carbocycles. The number of benzene rings is 1. The Morgan fingerprint density at radius 2 is 1.77 bits per heavy atom. The van der Waals surface area contributed by atoms with Crippen molar-refractivity contribution >= 4 is 70.3 Å². The number of ketones is 1. The van der Waals surface area contributed by atoms with Crippen molar-refractivity contribution in [2.24, 2.45) is 0 Å². The molecule has 3 N–H and O–H groups in total. The largest absolute Gasteiger partial charge is 0.470 e. The van der Waals surface area contributed by atoms with Crippen LogP contribution in [0.3, 0.4) is 0 Å². The summed E-state index contributed by atoms with van der Waals surface area (Å²) in [6.07, 6.45) is -0.759. The summed E-state index contributed by atoms with van der Waals surface area (Å²) in [5, 5.41) is 5.89. The molecule has 3 amide bonds. The van der Waals surface area contributed by atoms with Gasteiger partial charge in [-0.2, -0.15) is 4.37 Å². The van der Waals surface area contributed by atoms with Crippen molar-refractivity contribution in [3.05, 3.63) is 51.8 Å². The zero-order chi connectivity index (χ0) is 46.7. The van der Waals surface area contributed by atoms with E-state index in [1.54, 1.807) is 24.3 Å². The number of H-pyrrole nitrogens is 1. The topological polar surface area (TPSA) is 215 Å². The number of hydrogen-bond acceptors (Lipinski definition) is 15. The van der Waals surface area contributed by atoms with E-state index in [2.05, 4.69) is 43.1 Å². The zero-order valence-corrected chi connectivity index (χ0v) is 39.2. The minimum absolute atomic E-state index is 0.00545. The first kappa shape index (κ1) is 49.4. The van der Waals surface area contributed by atoms with Gasteiger partial charge in [-0.15, -0.1) is 4.37 Å². The van der Waals surface area contributed by atoms with Crippen LogP contribution in [0.1, 0.15) is 99.7 Å². The predicted molar refractivity (Wildman–Crippen MR) is 242 cm³/mol. The van der Waals surface area contributed by atoms with Gasteiger partial charge in [0.25, 0.3) is 23.6 Å². The van der Waals surface area contributed by atoms with Crippen molar-refractivity contribution in [1.29, 1.82) is 0 Å². The molecule has 64 heavy (non-hydrogen) atoms. The van der Waals surface area contributed by atoms with Crippen LogP contribution in [0.5, 0.6) is 5.88 Å². The van der Waals surface area contributed by atoms with Gasteiger partial charge in [-0.25, -0.2) is 0 Å². The summed E-state index contributed by atoms with van der Waals surface area (Å²) in [6.45, 7) is 20.9. The number of morpholine rings is 1. The lowest BCUT2D eigenvalue weighted by Crippen LogP contribution is -2.54. The standard InChI is InChI=1S/C45H62N8O10S/c1-10-51(11-2)17-16-46-42(58)39-27(3)37(47-28(39)4)24-35-34-23-31(12-14-36(34)48-41(35)57)22-32(55)13-15-38(56)63-33(25-53(45(7,8)9)44(59)29(5)62-30(6)54)26-61-43-40(49-64-50-43)52-18-20-60-21-19-52/h12,14,23-24,29,33,47H,10-11,13,15-22,25-26H2,1-9H3,(H,46,58)(H,48,57)/b35-24-/t29?,33-/m0/s1. The van der Waals surface area contributed by atoms with Crippen molar-refractivity contribution in [2.75, 3.05) is 75.9 Å². The molecule has 3 aromatic rings. The molecule has 2 aliphatic heterocycles. The van der Waals surface area contributed by atoms with Crippen molar-refractivity contribution < 1.29 is 47.7 Å². The van der Waals surface area contributed by atoms with Gasteiger partial charge in [0.15, 0.2) is 12.2 Å². The Kier molecular flexibility index (Phi) is 17.2. The molecular formula is C45H62N8O10S. The van der Waals surface area contributed by atoms with Crippen LogP contribution in [-0.2, 0) is 44.6 Å². The highest BCUT2D eigenvalue weighted by Crippen LogP contribution is 2.35. The summed E-state index contributed by atoms with van der Waals surface area (Å²) in [7, 11) is 0. The summed E-state index contributed by atoms with van der Waals surface area (Å²) >= 11 is 0.978. The van der Waals surface area contributed by atoms with Gasteiger partial charge in [0, 0.05) is 74.1 Å². The second kappa shape index (κ2) is 22.3. The van der Waals surface area contributed by atoms with Crippen LogP contribution in [-0.4, -0.2) is 142 Å². The average molecular weight is 907 g/mol. The molecule has 0 radical (unpaired) electrons. The Bertz CT molecular complexity index is 2200. The van der Waals surface area contributed by atoms with E-state index in [9.17, 15) is 28.8 Å². The maximum Gasteiger partial charge on any atom is 0.306 e. The first-order valence-corrected chi connectivity index (χ1v) is 22.5. The number of fused-ring (bicyclic) bond motifs is 1. The van der Waals surface area contributed by atoms with Gasteiger partial charge in [-0.1, -0.05) is 19.9 Å². The number of nitrogens with one attached hydrogen (secondary N) is 3. The van der Waals surface area contributed by atoms with Crippen LogP contribution < -0.4 is 20.3 Å². The van der Waals surface area contributed by atoms with Crippen molar-refractivity contribution in [3.63, 3.8) is 0 Å². The molecule has 2 aliphatic rings. The molecule has 18 nitrogen and oxygen atoms in total. The molecule has 2 atom stereocenters. The lowest BCUT2D eigenvalue weighted by atomic mass is 9.98. The first-order chi connectivity index (χ1) is 30.4. The number of aromatic nitrogens is 3. The third-order valence-electron chi connectivity index (χ3n) is 11.1. The lowest BCUT2D eigenvalue weighted by molar-refractivity contribution is -0.164. The molecule has 348 valence electrons. The van der Waals surface area contributed by atoms with Gasteiger partial charge in [0.1, 0.15) is 12.4 Å². The number of ether oxygens (including phenoxy) is 4. The molecule has 1 saturated heterocycles. The number of anilines is 2. The monoisotopic (exact) mass is 906 g/mol. The molecule has 0 aliphatic carbocycles. The fourth-order valence-electron chi connectivity index (χ4n) is 7.60. The number of aromatic amines is 1. The Hall–Kier alpha value is -5.66. The van der Waals surface area contributed by atoms with E-state index in [0.29, 0.717) is 83.6 Å². The summed E-state index contributed by atoms with van der Waals surface area (Å²) in [4.78, 5) is 87.5. The Balaban J connectivity index is 1.25. The number of esters is 2. The molecule has 2 aromatic heterocycles. The van der Waals surface area contributed by atoms with Gasteiger partial charge in [-0.05, 0) is 84.0 Å². The average Bonchev–Trinajstić information content (AvgIpc) is 3.93. The number of amides is 3. The van der Waals surface area contributed by atoms with E-state index in [-0.39, 0.29) is 55.9 Å². The molecule has 1 unspecified atom stereocenters. The van der Waals surface area contributed by atoms with Crippen LogP contribution >= 0.6 is 11.7 Å². The number of likely N-dealkylation sites (N-methyl/N-ethyl adjacent to an activating group) is 1. The molecule has 0 spiro atoms. The van der Waals surface area contributed by atoms with E-state index in [4.69, 9.17) is 18.9 Å². The van der Waals surface area contributed by atoms with Crippen LogP contribution in [0, 0.1) is 13.8 Å². The number of nitrogens with zero attached hydrogens (tertiary/aromatic N) is 5. The van der Waals surface area contributed by atoms with Crippen LogP contribution in [0.15, 0.2) is 18.2 Å². The molecule has 1 aromatic carbocycles. The maximum absolute atomic E-state index is 13.6. The summed E-state index contributed by atoms with van der Waals surface area (Å²) in [5.41, 5.74) is 4.02. The predicted octanol–water partition coefficient (Wildman–Crippen LogP) is 4.35. The SMILES string of the molecule is CCN(CC)CCNC(=O)c1c(C)[nH]c(/C=C2\C(=O)Nc3ccc(CC(=O)CCC(=O)O[C@H](COc4nsnc4N4CCOCC4)CN(C(=O)C(C)OC(C)=O)C(C)(C)C)cc32)c1C. The number of carbonyl (C=O) groups is 6. The Morgan fingerprint density at radius 1 is 1.05 bits per heavy atom. The van der Waals surface area contributed by atoms with E-state index in [0.717, 1.165) is 31.4 Å². The third kappa shape index (κ3) is 13.0. The number of hydrogen-bond donors (Lipinski definition) is 3. The fourth-order valence-corrected chi connectivity index (χ4v) is 8.12. The molecule has 1 fully saturated rings. The molecule has 4 heterocycles. The molecule has 0 bridgehead atoms. The highest BCUT2D eigenvalue weighted by atomic mass is 32.1. The van der Waals surface area contributed by atoms with E-state index >= 15 is 0 Å². The smallest absolute Gasteiger partial charge is 0.306 e. The van der Waals surface area contributed by atoms with E-state index < -0.39 is 35.6 Å². The summed E-state index contributed by atoms with van der Waals surface area (Å²) in [6, 6.07) is 5.27. The van der Waals surface area contributed by atoms with Crippen molar-refractivity contribution in [2.45, 2.75) is 99.3 Å². The molecular weight excluding hydrogens is 845 g/mol. The first-order valence-electron chi connectivity index (χ1n) is 21.7. The van der Waals surface area contributed by atoms with Gasteiger partial charge in [-0.3, -0.25) is 28.8 Å². The summed E-state index contributed by atoms with van der Waals surface area (Å²) < 4.78 is 31.4. The van der Waals surface area contributed by atoms with E-state index in [1.807, 2.05) is 39.5 Å². The second-order valence-corrected chi connectivity index (χ2v) is 17.4. The molecule has 5 rings (SSSR count). The Morgan fingerprint density at radius 3 is 2.44 bits per heavy atom. The van der Waals surface area contributed by atoms with Crippen LogP contribution in [0.4, 0.5) is 11.5 Å². The number of carbonyl (C=O) groups excluding carboxylic acids is 6. The highest BCUT2D eigenvalue weighted by Gasteiger charge is 2.35. The minimum Gasteiger partial charge on any atom is -0.470 e. The van der Waals surface area contributed by atoms with Crippen LogP contribution in [0.2, 0.25) is 0 Å². The quantitative estimate of drug-likeness (QED) is 0.100. The normalized spacial score (nSPS) is 15.4. The minimum atomic E-state index is -1.09. The van der Waals surface area contributed by atoms with Crippen LogP contribution in [0.25, 0.3) is 11.6 Å². The lowest BCUT2D eigenvalue weighted by Gasteiger charge is -2.39. The maximum atomic E-state index is 13.6. The van der Waals surface area contributed by atoms with Crippen molar-refractivity contribution in [3.8, 4) is 5.88 Å². The summed E-state index contributed by atoms with van der Waals surface area (Å²) in [5.74, 6) is -1.72. The number of rotatable bonds is 21. The fraction of sp³-hybridized carbons (Fsp3) is 0.556. The van der Waals surface area contributed by atoms with E-state index in [1.165, 1.54) is 18.7 Å². The second-order valence-electron chi connectivity index (χ2n) is 16.8. The van der Waals surface area contributed by atoms with Crippen molar-refractivity contribution in [1.82, 2.24) is 28.8 Å². The number of Topliss-reactive ketones (excluding diaryl/α,β-unsaturated/α-hetero) is 1. The highest BCUT2D eigenvalue weighted by molar-refractivity contribution is 6.99. The molecule has 19 heteroatoms. The van der Waals surface area contributed by atoms with Gasteiger partial charge < -0.3 is 49.3 Å². The van der Waals surface area contributed by atoms with Gasteiger partial charge in [0.05, 0.1) is 49.0 Å².